The summed E-state index contributed by atoms with van der Waals surface area (Å²) in [5, 5.41) is 3.52. The molecule has 2 fully saturated rings. The van der Waals surface area contributed by atoms with Crippen molar-refractivity contribution < 1.29 is 13.2 Å². The largest absolute Gasteiger partial charge is 0.363 e. The molecule has 2 bridgehead atoms. The third-order valence-electron chi connectivity index (χ3n) is 4.68. The topological polar surface area (TPSA) is 15.3 Å². The van der Waals surface area contributed by atoms with E-state index in [-0.39, 0.29) is 17.8 Å². The Morgan fingerprint density at radius 2 is 1.67 bits per heavy atom. The van der Waals surface area contributed by atoms with Gasteiger partial charge in [0, 0.05) is 30.3 Å². The number of rotatable bonds is 4. The van der Waals surface area contributed by atoms with E-state index in [4.69, 9.17) is 0 Å². The SMILES string of the molecule is CCCNC1CC2CCC(C1)N2c1cc(F)c(F)cc1F. The third-order valence-corrected chi connectivity index (χ3v) is 4.68. The Morgan fingerprint density at radius 3 is 2.29 bits per heavy atom. The van der Waals surface area contributed by atoms with Crippen LogP contribution in [0.25, 0.3) is 0 Å². The van der Waals surface area contributed by atoms with Gasteiger partial charge in [0.05, 0.1) is 5.69 Å². The predicted octanol–water partition coefficient (Wildman–Crippen LogP) is 3.60. The van der Waals surface area contributed by atoms with Gasteiger partial charge in [0.1, 0.15) is 5.82 Å². The number of benzene rings is 1. The van der Waals surface area contributed by atoms with E-state index in [1.54, 1.807) is 0 Å². The zero-order valence-corrected chi connectivity index (χ0v) is 12.2. The van der Waals surface area contributed by atoms with Crippen LogP contribution < -0.4 is 10.2 Å². The van der Waals surface area contributed by atoms with Gasteiger partial charge in [-0.1, -0.05) is 6.92 Å². The highest BCUT2D eigenvalue weighted by atomic mass is 19.2. The number of piperidine rings is 1. The summed E-state index contributed by atoms with van der Waals surface area (Å²) in [6.07, 6.45) is 4.96. The van der Waals surface area contributed by atoms with Gasteiger partial charge >= 0.3 is 0 Å². The number of fused-ring (bicyclic) bond motifs is 2. The number of halogens is 3. The molecular formula is C16H21F3N2. The van der Waals surface area contributed by atoms with Gasteiger partial charge in [-0.05, 0) is 38.6 Å². The molecule has 2 unspecified atom stereocenters. The van der Waals surface area contributed by atoms with Gasteiger partial charge in [0.2, 0.25) is 0 Å². The Labute approximate surface area is 123 Å². The van der Waals surface area contributed by atoms with Crippen LogP contribution in [0.4, 0.5) is 18.9 Å². The summed E-state index contributed by atoms with van der Waals surface area (Å²) in [6.45, 7) is 3.12. The van der Waals surface area contributed by atoms with Crippen molar-refractivity contribution in [3.8, 4) is 0 Å². The van der Waals surface area contributed by atoms with E-state index < -0.39 is 17.5 Å². The number of anilines is 1. The lowest BCUT2D eigenvalue weighted by Crippen LogP contribution is -2.49. The molecule has 3 rings (SSSR count). The van der Waals surface area contributed by atoms with E-state index in [2.05, 4.69) is 12.2 Å². The summed E-state index contributed by atoms with van der Waals surface area (Å²) in [4.78, 5) is 1.97. The van der Waals surface area contributed by atoms with Gasteiger partial charge in [-0.3, -0.25) is 0 Å². The van der Waals surface area contributed by atoms with Crippen LogP contribution in [-0.2, 0) is 0 Å². The van der Waals surface area contributed by atoms with Gasteiger partial charge in [0.25, 0.3) is 0 Å². The number of nitrogens with one attached hydrogen (secondary N) is 1. The molecule has 1 aromatic carbocycles. The van der Waals surface area contributed by atoms with Gasteiger partial charge in [-0.15, -0.1) is 0 Å². The van der Waals surface area contributed by atoms with Crippen molar-refractivity contribution in [3.63, 3.8) is 0 Å². The van der Waals surface area contributed by atoms with E-state index in [0.717, 1.165) is 44.7 Å². The summed E-state index contributed by atoms with van der Waals surface area (Å²) in [5.41, 5.74) is 0.218. The summed E-state index contributed by atoms with van der Waals surface area (Å²) in [5.74, 6) is -2.76. The fourth-order valence-corrected chi connectivity index (χ4v) is 3.80. The predicted molar refractivity (Wildman–Crippen MR) is 76.9 cm³/mol. The van der Waals surface area contributed by atoms with Crippen molar-refractivity contribution >= 4 is 5.69 Å². The smallest absolute Gasteiger partial charge is 0.161 e. The maximum absolute atomic E-state index is 14.0. The summed E-state index contributed by atoms with van der Waals surface area (Å²) in [6, 6.07) is 2.56. The molecule has 21 heavy (non-hydrogen) atoms. The molecule has 0 aliphatic carbocycles. The molecule has 0 saturated carbocycles. The molecule has 2 heterocycles. The van der Waals surface area contributed by atoms with Crippen LogP contribution in [0.2, 0.25) is 0 Å². The molecule has 0 aromatic heterocycles. The first-order chi connectivity index (χ1) is 10.1. The molecule has 0 radical (unpaired) electrons. The van der Waals surface area contributed by atoms with E-state index in [1.807, 2.05) is 4.90 Å². The van der Waals surface area contributed by atoms with Gasteiger partial charge < -0.3 is 10.2 Å². The fourth-order valence-electron chi connectivity index (χ4n) is 3.80. The highest BCUT2D eigenvalue weighted by molar-refractivity contribution is 5.52. The lowest BCUT2D eigenvalue weighted by molar-refractivity contribution is 0.353. The lowest BCUT2D eigenvalue weighted by Gasteiger charge is -2.41. The second-order valence-electron chi connectivity index (χ2n) is 6.13. The molecule has 2 atom stereocenters. The van der Waals surface area contributed by atoms with E-state index in [1.165, 1.54) is 0 Å². The minimum Gasteiger partial charge on any atom is -0.363 e. The number of hydrogen-bond acceptors (Lipinski definition) is 2. The van der Waals surface area contributed by atoms with Gasteiger partial charge in [0.15, 0.2) is 11.6 Å². The number of hydrogen-bond donors (Lipinski definition) is 1. The molecule has 2 saturated heterocycles. The van der Waals surface area contributed by atoms with Crippen molar-refractivity contribution in [1.29, 1.82) is 0 Å². The maximum atomic E-state index is 14.0. The molecule has 2 aliphatic rings. The first-order valence-electron chi connectivity index (χ1n) is 7.76. The maximum Gasteiger partial charge on any atom is 0.161 e. The molecule has 0 spiro atoms. The Morgan fingerprint density at radius 1 is 1.05 bits per heavy atom. The normalized spacial score (nSPS) is 28.2. The van der Waals surface area contributed by atoms with Crippen molar-refractivity contribution in [2.45, 2.75) is 57.2 Å². The third kappa shape index (κ3) is 2.76. The zero-order valence-electron chi connectivity index (χ0n) is 12.2. The van der Waals surface area contributed by atoms with Crippen LogP contribution in [0.15, 0.2) is 12.1 Å². The fraction of sp³-hybridized carbons (Fsp3) is 0.625. The zero-order chi connectivity index (χ0) is 15.0. The highest BCUT2D eigenvalue weighted by Gasteiger charge is 2.41. The molecule has 1 N–H and O–H groups in total. The summed E-state index contributed by atoms with van der Waals surface area (Å²) < 4.78 is 40.6. The average molecular weight is 298 g/mol. The Kier molecular flexibility index (Phi) is 4.11. The van der Waals surface area contributed by atoms with Crippen molar-refractivity contribution in [3.05, 3.63) is 29.6 Å². The average Bonchev–Trinajstić information content (AvgIpc) is 2.71. The van der Waals surface area contributed by atoms with Crippen LogP contribution in [0.3, 0.4) is 0 Å². The minimum absolute atomic E-state index is 0.218. The highest BCUT2D eigenvalue weighted by Crippen LogP contribution is 2.40. The van der Waals surface area contributed by atoms with Crippen LogP contribution in [0, 0.1) is 17.5 Å². The molecule has 1 aromatic rings. The minimum atomic E-state index is -1.12. The lowest BCUT2D eigenvalue weighted by atomic mass is 9.96. The van der Waals surface area contributed by atoms with Crippen LogP contribution in [0.1, 0.15) is 39.0 Å². The molecule has 5 heteroatoms. The monoisotopic (exact) mass is 298 g/mol. The Bertz CT molecular complexity index is 506. The van der Waals surface area contributed by atoms with E-state index >= 15 is 0 Å². The van der Waals surface area contributed by atoms with Gasteiger partial charge in [-0.25, -0.2) is 13.2 Å². The van der Waals surface area contributed by atoms with E-state index in [9.17, 15) is 13.2 Å². The summed E-state index contributed by atoms with van der Waals surface area (Å²) in [7, 11) is 0. The standard InChI is InChI=1S/C16H21F3N2/c1-2-5-20-10-6-11-3-4-12(7-10)21(11)16-9-14(18)13(17)8-15(16)19/h8-12,20H,2-7H2,1H3. The Balaban J connectivity index is 1.81. The van der Waals surface area contributed by atoms with Crippen molar-refractivity contribution in [1.82, 2.24) is 5.32 Å². The van der Waals surface area contributed by atoms with Gasteiger partial charge in [-0.2, -0.15) is 0 Å². The molecule has 2 nitrogen and oxygen atoms in total. The van der Waals surface area contributed by atoms with Crippen LogP contribution in [0.5, 0.6) is 0 Å². The second-order valence-corrected chi connectivity index (χ2v) is 6.13. The van der Waals surface area contributed by atoms with Crippen LogP contribution >= 0.6 is 0 Å². The molecule has 2 aliphatic heterocycles. The van der Waals surface area contributed by atoms with Crippen LogP contribution in [-0.4, -0.2) is 24.7 Å². The second kappa shape index (κ2) is 5.87. The summed E-state index contributed by atoms with van der Waals surface area (Å²) >= 11 is 0. The first kappa shape index (κ1) is 14.7. The van der Waals surface area contributed by atoms with Crippen molar-refractivity contribution in [2.75, 3.05) is 11.4 Å². The number of nitrogens with zero attached hydrogens (tertiary/aromatic N) is 1. The molecule has 0 amide bonds. The quantitative estimate of drug-likeness (QED) is 0.854. The van der Waals surface area contributed by atoms with Crippen molar-refractivity contribution in [2.24, 2.45) is 0 Å². The Hall–Kier alpha value is -1.23. The molecular weight excluding hydrogens is 277 g/mol. The van der Waals surface area contributed by atoms with E-state index in [0.29, 0.717) is 12.1 Å². The molecule has 116 valence electrons. The first-order valence-corrected chi connectivity index (χ1v) is 7.76.